The van der Waals surface area contributed by atoms with E-state index in [-0.39, 0.29) is 0 Å². The molecule has 2 amide bonds. The molecule has 0 aliphatic heterocycles. The number of thiazole rings is 1. The highest BCUT2D eigenvalue weighted by Gasteiger charge is 2.20. The van der Waals surface area contributed by atoms with E-state index in [4.69, 9.17) is 5.11 Å². The van der Waals surface area contributed by atoms with Gasteiger partial charge in [0.15, 0.2) is 5.13 Å². The molecule has 0 saturated carbocycles. The highest BCUT2D eigenvalue weighted by molar-refractivity contribution is 7.98. The summed E-state index contributed by atoms with van der Waals surface area (Å²) in [6.07, 6.45) is 3.09. The second-order valence-electron chi connectivity index (χ2n) is 4.15. The van der Waals surface area contributed by atoms with Crippen LogP contribution < -0.4 is 10.6 Å². The smallest absolute Gasteiger partial charge is 0.326 e. The summed E-state index contributed by atoms with van der Waals surface area (Å²) in [6.45, 7) is 3.94. The number of urea groups is 1. The number of thioether (sulfide) groups is 1. The van der Waals surface area contributed by atoms with Gasteiger partial charge in [-0.3, -0.25) is 5.32 Å². The molecule has 1 rings (SSSR count). The van der Waals surface area contributed by atoms with E-state index < -0.39 is 18.0 Å². The molecule has 1 heterocycles. The largest absolute Gasteiger partial charge is 0.480 e. The van der Waals surface area contributed by atoms with Crippen LogP contribution in [0.5, 0.6) is 0 Å². The fourth-order valence-corrected chi connectivity index (χ4v) is 2.96. The van der Waals surface area contributed by atoms with Crippen molar-refractivity contribution in [2.24, 2.45) is 0 Å². The first-order valence-corrected chi connectivity index (χ1v) is 8.44. The number of aliphatic carboxylic acids is 1. The number of carbonyl (C=O) groups excluding carboxylic acids is 1. The quantitative estimate of drug-likeness (QED) is 0.718. The van der Waals surface area contributed by atoms with Crippen LogP contribution >= 0.6 is 23.1 Å². The van der Waals surface area contributed by atoms with E-state index in [0.717, 1.165) is 17.0 Å². The Labute approximate surface area is 126 Å². The number of nitrogens with one attached hydrogen (secondary N) is 2. The number of rotatable bonds is 7. The standard InChI is InChI=1S/C12H19N3O3S2/c1-4-8-7(2)20-12(14-8)15-11(18)13-9(10(16)17)5-6-19-3/h9H,4-6H2,1-3H3,(H,16,17)(H2,13,14,15,18)/t9-/m0/s1. The van der Waals surface area contributed by atoms with Gasteiger partial charge >= 0.3 is 12.0 Å². The molecule has 0 aliphatic carbocycles. The van der Waals surface area contributed by atoms with E-state index in [1.807, 2.05) is 20.1 Å². The number of hydrogen-bond acceptors (Lipinski definition) is 5. The summed E-state index contributed by atoms with van der Waals surface area (Å²) in [5.41, 5.74) is 0.947. The number of nitrogens with zero attached hydrogens (tertiary/aromatic N) is 1. The first-order chi connectivity index (χ1) is 9.47. The number of aryl methyl sites for hydroxylation is 2. The van der Waals surface area contributed by atoms with Gasteiger partial charge < -0.3 is 10.4 Å². The Hall–Kier alpha value is -1.28. The zero-order valence-corrected chi connectivity index (χ0v) is 13.4. The molecule has 0 saturated heterocycles. The van der Waals surface area contributed by atoms with Crippen LogP contribution in [0.2, 0.25) is 0 Å². The predicted molar refractivity (Wildman–Crippen MR) is 82.8 cm³/mol. The third kappa shape index (κ3) is 5.01. The first kappa shape index (κ1) is 16.8. The van der Waals surface area contributed by atoms with Crippen LogP contribution in [-0.2, 0) is 11.2 Å². The minimum Gasteiger partial charge on any atom is -0.480 e. The third-order valence-corrected chi connectivity index (χ3v) is 4.23. The molecule has 20 heavy (non-hydrogen) atoms. The molecular formula is C12H19N3O3S2. The van der Waals surface area contributed by atoms with Crippen molar-refractivity contribution in [2.45, 2.75) is 32.7 Å². The Morgan fingerprint density at radius 1 is 1.50 bits per heavy atom. The van der Waals surface area contributed by atoms with Crippen molar-refractivity contribution < 1.29 is 14.7 Å². The first-order valence-electron chi connectivity index (χ1n) is 6.23. The SMILES string of the molecule is CCc1nc(NC(=O)N[C@@H](CCSC)C(=O)O)sc1C. The molecule has 0 unspecified atom stereocenters. The number of aromatic nitrogens is 1. The molecular weight excluding hydrogens is 298 g/mol. The van der Waals surface area contributed by atoms with Gasteiger partial charge in [0.2, 0.25) is 0 Å². The van der Waals surface area contributed by atoms with Gasteiger partial charge in [0.1, 0.15) is 6.04 Å². The number of carbonyl (C=O) groups is 2. The lowest BCUT2D eigenvalue weighted by Crippen LogP contribution is -2.43. The summed E-state index contributed by atoms with van der Waals surface area (Å²) < 4.78 is 0. The summed E-state index contributed by atoms with van der Waals surface area (Å²) in [4.78, 5) is 28.1. The summed E-state index contributed by atoms with van der Waals surface area (Å²) >= 11 is 2.93. The van der Waals surface area contributed by atoms with Crippen LogP contribution in [0.3, 0.4) is 0 Å². The van der Waals surface area contributed by atoms with Gasteiger partial charge in [-0.1, -0.05) is 6.92 Å². The van der Waals surface area contributed by atoms with Crippen molar-refractivity contribution in [3.05, 3.63) is 10.6 Å². The van der Waals surface area contributed by atoms with Crippen LogP contribution in [0.25, 0.3) is 0 Å². The second-order valence-corrected chi connectivity index (χ2v) is 6.34. The Balaban J connectivity index is 2.58. The maximum atomic E-state index is 11.8. The van der Waals surface area contributed by atoms with Crippen LogP contribution in [0.4, 0.5) is 9.93 Å². The average Bonchev–Trinajstić information content (AvgIpc) is 2.74. The molecule has 0 aliphatic rings. The van der Waals surface area contributed by atoms with E-state index in [1.54, 1.807) is 11.8 Å². The van der Waals surface area contributed by atoms with Gasteiger partial charge in [-0.15, -0.1) is 11.3 Å². The van der Waals surface area contributed by atoms with E-state index in [9.17, 15) is 9.59 Å². The molecule has 1 aromatic rings. The lowest BCUT2D eigenvalue weighted by atomic mass is 10.2. The summed E-state index contributed by atoms with van der Waals surface area (Å²) in [7, 11) is 0. The Kier molecular flexibility index (Phi) is 6.80. The van der Waals surface area contributed by atoms with Crippen LogP contribution in [0.15, 0.2) is 0 Å². The fraction of sp³-hybridized carbons (Fsp3) is 0.583. The number of anilines is 1. The molecule has 0 radical (unpaired) electrons. The van der Waals surface area contributed by atoms with Gasteiger partial charge in [0, 0.05) is 4.88 Å². The third-order valence-electron chi connectivity index (χ3n) is 2.66. The zero-order chi connectivity index (χ0) is 15.1. The summed E-state index contributed by atoms with van der Waals surface area (Å²) in [5.74, 6) is -0.355. The van der Waals surface area contributed by atoms with Crippen molar-refractivity contribution in [1.82, 2.24) is 10.3 Å². The number of hydrogen-bond donors (Lipinski definition) is 3. The Bertz CT molecular complexity index is 477. The highest BCUT2D eigenvalue weighted by Crippen LogP contribution is 2.22. The number of carboxylic acid groups (broad SMARTS) is 1. The number of carboxylic acids is 1. The van der Waals surface area contributed by atoms with E-state index >= 15 is 0 Å². The Morgan fingerprint density at radius 3 is 2.70 bits per heavy atom. The summed E-state index contributed by atoms with van der Waals surface area (Å²) in [5, 5.41) is 14.6. The van der Waals surface area contributed by atoms with E-state index in [1.165, 1.54) is 11.3 Å². The monoisotopic (exact) mass is 317 g/mol. The minimum absolute atomic E-state index is 0.390. The molecule has 1 atom stereocenters. The van der Waals surface area contributed by atoms with Gasteiger partial charge in [-0.25, -0.2) is 14.6 Å². The Morgan fingerprint density at radius 2 is 2.20 bits per heavy atom. The molecule has 6 nitrogen and oxygen atoms in total. The molecule has 1 aromatic heterocycles. The van der Waals surface area contributed by atoms with Gasteiger partial charge in [-0.2, -0.15) is 11.8 Å². The van der Waals surface area contributed by atoms with Crippen molar-refractivity contribution in [1.29, 1.82) is 0 Å². The van der Waals surface area contributed by atoms with Crippen LogP contribution in [0, 0.1) is 6.92 Å². The van der Waals surface area contributed by atoms with Crippen molar-refractivity contribution in [3.8, 4) is 0 Å². The van der Waals surface area contributed by atoms with E-state index in [2.05, 4.69) is 15.6 Å². The molecule has 0 fully saturated rings. The van der Waals surface area contributed by atoms with Crippen LogP contribution in [0.1, 0.15) is 23.9 Å². The fourth-order valence-electron chi connectivity index (χ4n) is 1.59. The lowest BCUT2D eigenvalue weighted by Gasteiger charge is -2.13. The summed E-state index contributed by atoms with van der Waals surface area (Å²) in [6, 6.07) is -1.41. The van der Waals surface area contributed by atoms with Gasteiger partial charge in [0.25, 0.3) is 0 Å². The van der Waals surface area contributed by atoms with Crippen molar-refractivity contribution >= 4 is 40.2 Å². The average molecular weight is 317 g/mol. The lowest BCUT2D eigenvalue weighted by molar-refractivity contribution is -0.139. The topological polar surface area (TPSA) is 91.3 Å². The molecule has 0 bridgehead atoms. The molecule has 0 aromatic carbocycles. The zero-order valence-electron chi connectivity index (χ0n) is 11.7. The second kappa shape index (κ2) is 8.11. The highest BCUT2D eigenvalue weighted by atomic mass is 32.2. The maximum absolute atomic E-state index is 11.8. The molecule has 112 valence electrons. The van der Waals surface area contributed by atoms with Crippen LogP contribution in [-0.4, -0.2) is 40.1 Å². The molecule has 0 spiro atoms. The van der Waals surface area contributed by atoms with Gasteiger partial charge in [0.05, 0.1) is 5.69 Å². The molecule has 8 heteroatoms. The maximum Gasteiger partial charge on any atom is 0.326 e. The minimum atomic E-state index is -1.03. The van der Waals surface area contributed by atoms with Gasteiger partial charge in [-0.05, 0) is 31.8 Å². The van der Waals surface area contributed by atoms with Crippen molar-refractivity contribution in [2.75, 3.05) is 17.3 Å². The predicted octanol–water partition coefficient (Wildman–Crippen LogP) is 2.34. The number of amides is 2. The molecule has 3 N–H and O–H groups in total. The normalized spacial score (nSPS) is 11.9. The van der Waals surface area contributed by atoms with Crippen molar-refractivity contribution in [3.63, 3.8) is 0 Å². The van der Waals surface area contributed by atoms with E-state index in [0.29, 0.717) is 17.3 Å².